The summed E-state index contributed by atoms with van der Waals surface area (Å²) in [6.07, 6.45) is 0.848. The van der Waals surface area contributed by atoms with E-state index >= 15 is 0 Å². The Morgan fingerprint density at radius 1 is 1.12 bits per heavy atom. The molecule has 0 radical (unpaired) electrons. The summed E-state index contributed by atoms with van der Waals surface area (Å²) in [5, 5.41) is 3.17. The fourth-order valence-electron chi connectivity index (χ4n) is 2.62. The van der Waals surface area contributed by atoms with Crippen molar-refractivity contribution in [2.24, 2.45) is 0 Å². The normalized spacial score (nSPS) is 20.0. The Bertz CT molecular complexity index is 652. The highest BCUT2D eigenvalue weighted by Gasteiger charge is 2.32. The molecule has 0 bridgehead atoms. The Hall–Kier alpha value is -1.88. The first-order valence-corrected chi connectivity index (χ1v) is 7.85. The van der Waals surface area contributed by atoms with E-state index in [0.29, 0.717) is 18.7 Å². The standard InChI is InChI=1S/C19H21NO3.ClH/c1-19(14-20-11-12-22-19)23-18(21)17-9-7-16(8-10-17)13-15-5-3-2-4-6-15;/h2-10,20H,11-14H2,1H3;1H/t19-;/m1./s1. The topological polar surface area (TPSA) is 47.6 Å². The molecule has 1 atom stereocenters. The largest absolute Gasteiger partial charge is 0.428 e. The molecule has 128 valence electrons. The van der Waals surface area contributed by atoms with E-state index in [2.05, 4.69) is 17.4 Å². The first-order valence-electron chi connectivity index (χ1n) is 7.85. The van der Waals surface area contributed by atoms with Crippen LogP contribution in [0, 0.1) is 0 Å². The fourth-order valence-corrected chi connectivity index (χ4v) is 2.62. The Morgan fingerprint density at radius 3 is 2.42 bits per heavy atom. The molecule has 1 heterocycles. The molecule has 4 nitrogen and oxygen atoms in total. The number of esters is 1. The highest BCUT2D eigenvalue weighted by Crippen LogP contribution is 2.18. The maximum Gasteiger partial charge on any atom is 0.340 e. The van der Waals surface area contributed by atoms with Gasteiger partial charge < -0.3 is 14.8 Å². The third kappa shape index (κ3) is 4.81. The molecule has 0 aromatic heterocycles. The number of hydrogen-bond donors (Lipinski definition) is 1. The van der Waals surface area contributed by atoms with E-state index in [1.807, 2.05) is 30.3 Å². The lowest BCUT2D eigenvalue weighted by atomic mass is 10.0. The predicted molar refractivity (Wildman–Crippen MR) is 95.6 cm³/mol. The van der Waals surface area contributed by atoms with Crippen molar-refractivity contribution in [2.75, 3.05) is 19.7 Å². The van der Waals surface area contributed by atoms with E-state index in [1.165, 1.54) is 5.56 Å². The van der Waals surface area contributed by atoms with Crippen molar-refractivity contribution in [3.05, 3.63) is 71.3 Å². The molecule has 24 heavy (non-hydrogen) atoms. The van der Waals surface area contributed by atoms with Gasteiger partial charge in [-0.05, 0) is 29.7 Å². The van der Waals surface area contributed by atoms with Gasteiger partial charge in [0.1, 0.15) is 0 Å². The summed E-state index contributed by atoms with van der Waals surface area (Å²) < 4.78 is 11.1. The van der Waals surface area contributed by atoms with Crippen LogP contribution in [0.15, 0.2) is 54.6 Å². The van der Waals surface area contributed by atoms with E-state index in [0.717, 1.165) is 18.5 Å². The van der Waals surface area contributed by atoms with E-state index in [1.54, 1.807) is 19.1 Å². The molecule has 1 N–H and O–H groups in total. The van der Waals surface area contributed by atoms with E-state index in [9.17, 15) is 4.79 Å². The Morgan fingerprint density at radius 2 is 1.79 bits per heavy atom. The number of rotatable bonds is 4. The van der Waals surface area contributed by atoms with Gasteiger partial charge in [-0.15, -0.1) is 12.4 Å². The van der Waals surface area contributed by atoms with Gasteiger partial charge in [0.2, 0.25) is 5.79 Å². The molecule has 0 spiro atoms. The van der Waals surface area contributed by atoms with Crippen LogP contribution in [-0.2, 0) is 15.9 Å². The molecule has 1 aliphatic rings. The van der Waals surface area contributed by atoms with Gasteiger partial charge >= 0.3 is 5.97 Å². The maximum atomic E-state index is 12.3. The van der Waals surface area contributed by atoms with Crippen molar-refractivity contribution < 1.29 is 14.3 Å². The minimum atomic E-state index is -0.891. The van der Waals surface area contributed by atoms with Gasteiger partial charge in [-0.3, -0.25) is 0 Å². The molecular formula is C19H22ClNO3. The molecule has 1 fully saturated rings. The van der Waals surface area contributed by atoms with Gasteiger partial charge in [-0.1, -0.05) is 42.5 Å². The Balaban J connectivity index is 0.00000208. The molecule has 0 amide bonds. The highest BCUT2D eigenvalue weighted by atomic mass is 35.5. The first kappa shape index (κ1) is 18.5. The van der Waals surface area contributed by atoms with Crippen LogP contribution in [0.4, 0.5) is 0 Å². The van der Waals surface area contributed by atoms with Crippen LogP contribution in [0.3, 0.4) is 0 Å². The lowest BCUT2D eigenvalue weighted by Crippen LogP contribution is -2.50. The number of hydrogen-bond acceptors (Lipinski definition) is 4. The molecule has 3 rings (SSSR count). The fraction of sp³-hybridized carbons (Fsp3) is 0.316. The summed E-state index contributed by atoms with van der Waals surface area (Å²) in [5.41, 5.74) is 2.95. The molecule has 1 saturated heterocycles. The van der Waals surface area contributed by atoms with Crippen LogP contribution in [0.5, 0.6) is 0 Å². The maximum absolute atomic E-state index is 12.3. The third-order valence-electron chi connectivity index (χ3n) is 3.88. The number of morpholine rings is 1. The lowest BCUT2D eigenvalue weighted by Gasteiger charge is -2.33. The van der Waals surface area contributed by atoms with Crippen LogP contribution in [0.25, 0.3) is 0 Å². The number of halogens is 1. The monoisotopic (exact) mass is 347 g/mol. The number of carbonyl (C=O) groups is 1. The first-order chi connectivity index (χ1) is 11.1. The summed E-state index contributed by atoms with van der Waals surface area (Å²) in [7, 11) is 0. The number of ether oxygens (including phenoxy) is 2. The summed E-state index contributed by atoms with van der Waals surface area (Å²) in [6, 6.07) is 17.8. The number of carbonyl (C=O) groups excluding carboxylic acids is 1. The Labute approximate surface area is 148 Å². The second-order valence-corrected chi connectivity index (χ2v) is 5.91. The summed E-state index contributed by atoms with van der Waals surface area (Å²) in [5.74, 6) is -1.25. The quantitative estimate of drug-likeness (QED) is 0.863. The summed E-state index contributed by atoms with van der Waals surface area (Å²) >= 11 is 0. The van der Waals surface area contributed by atoms with Gasteiger partial charge in [0.15, 0.2) is 0 Å². The van der Waals surface area contributed by atoms with Gasteiger partial charge in [0, 0.05) is 13.5 Å². The van der Waals surface area contributed by atoms with Crippen molar-refractivity contribution in [1.29, 1.82) is 0 Å². The number of benzene rings is 2. The predicted octanol–water partition coefficient (Wildman–Crippen LogP) is 3.19. The second kappa shape index (κ2) is 8.29. The zero-order valence-corrected chi connectivity index (χ0v) is 14.5. The highest BCUT2D eigenvalue weighted by molar-refractivity contribution is 5.89. The van der Waals surface area contributed by atoms with E-state index in [4.69, 9.17) is 9.47 Å². The zero-order chi connectivity index (χ0) is 16.1. The lowest BCUT2D eigenvalue weighted by molar-refractivity contribution is -0.201. The molecule has 0 unspecified atom stereocenters. The minimum Gasteiger partial charge on any atom is -0.428 e. The van der Waals surface area contributed by atoms with Crippen molar-refractivity contribution in [2.45, 2.75) is 19.1 Å². The molecular weight excluding hydrogens is 326 g/mol. The van der Waals surface area contributed by atoms with Crippen LogP contribution in [0.2, 0.25) is 0 Å². The van der Waals surface area contributed by atoms with Gasteiger partial charge in [0.25, 0.3) is 0 Å². The van der Waals surface area contributed by atoms with Crippen LogP contribution < -0.4 is 5.32 Å². The van der Waals surface area contributed by atoms with E-state index in [-0.39, 0.29) is 18.4 Å². The molecule has 2 aromatic carbocycles. The average molecular weight is 348 g/mol. The molecule has 5 heteroatoms. The smallest absolute Gasteiger partial charge is 0.340 e. The average Bonchev–Trinajstić information content (AvgIpc) is 2.57. The van der Waals surface area contributed by atoms with Crippen LogP contribution >= 0.6 is 12.4 Å². The van der Waals surface area contributed by atoms with Crippen molar-refractivity contribution in [1.82, 2.24) is 5.32 Å². The van der Waals surface area contributed by atoms with Crippen molar-refractivity contribution in [3.8, 4) is 0 Å². The minimum absolute atomic E-state index is 0. The van der Waals surface area contributed by atoms with Crippen LogP contribution in [0.1, 0.15) is 28.4 Å². The zero-order valence-electron chi connectivity index (χ0n) is 13.7. The molecule has 0 saturated carbocycles. The van der Waals surface area contributed by atoms with Crippen LogP contribution in [-0.4, -0.2) is 31.5 Å². The SMILES string of the molecule is C[C@@]1(OC(=O)c2ccc(Cc3ccccc3)cc2)CNCCO1.Cl. The Kier molecular flexibility index (Phi) is 6.37. The third-order valence-corrected chi connectivity index (χ3v) is 3.88. The van der Waals surface area contributed by atoms with Gasteiger partial charge in [0.05, 0.1) is 18.7 Å². The van der Waals surface area contributed by atoms with E-state index < -0.39 is 5.79 Å². The van der Waals surface area contributed by atoms with Gasteiger partial charge in [-0.2, -0.15) is 0 Å². The summed E-state index contributed by atoms with van der Waals surface area (Å²) in [6.45, 7) is 3.60. The van der Waals surface area contributed by atoms with Crippen molar-refractivity contribution >= 4 is 18.4 Å². The molecule has 0 aliphatic carbocycles. The second-order valence-electron chi connectivity index (χ2n) is 5.91. The summed E-state index contributed by atoms with van der Waals surface area (Å²) in [4.78, 5) is 12.3. The number of nitrogens with one attached hydrogen (secondary N) is 1. The molecule has 1 aliphatic heterocycles. The molecule has 2 aromatic rings. The van der Waals surface area contributed by atoms with Gasteiger partial charge in [-0.25, -0.2) is 4.79 Å². The van der Waals surface area contributed by atoms with Crippen molar-refractivity contribution in [3.63, 3.8) is 0 Å².